The fourth-order valence-corrected chi connectivity index (χ4v) is 4.87. The van der Waals surface area contributed by atoms with E-state index in [-0.39, 0.29) is 11.4 Å². The third-order valence-electron chi connectivity index (χ3n) is 5.44. The third-order valence-corrected chi connectivity index (χ3v) is 6.09. The molecule has 2 aliphatic rings. The van der Waals surface area contributed by atoms with E-state index in [9.17, 15) is 4.79 Å². The molecule has 0 unspecified atom stereocenters. The van der Waals surface area contributed by atoms with Crippen LogP contribution < -0.4 is 10.2 Å². The molecule has 1 atom stereocenters. The van der Waals surface area contributed by atoms with Gasteiger partial charge in [-0.3, -0.25) is 4.79 Å². The van der Waals surface area contributed by atoms with Crippen molar-refractivity contribution in [2.45, 2.75) is 45.2 Å². The van der Waals surface area contributed by atoms with Gasteiger partial charge >= 0.3 is 0 Å². The first-order valence-corrected chi connectivity index (χ1v) is 10.4. The van der Waals surface area contributed by atoms with Crippen molar-refractivity contribution in [3.8, 4) is 0 Å². The maximum absolute atomic E-state index is 12.7. The van der Waals surface area contributed by atoms with E-state index >= 15 is 0 Å². The van der Waals surface area contributed by atoms with Gasteiger partial charge in [-0.1, -0.05) is 23.7 Å². The molecule has 0 aliphatic carbocycles. The fourth-order valence-electron chi connectivity index (χ4n) is 4.06. The van der Waals surface area contributed by atoms with Crippen molar-refractivity contribution in [2.24, 2.45) is 0 Å². The molecule has 0 saturated carbocycles. The molecular formula is C20H29ClN4OS. The van der Waals surface area contributed by atoms with E-state index in [0.717, 1.165) is 48.4 Å². The van der Waals surface area contributed by atoms with Gasteiger partial charge in [-0.05, 0) is 51.5 Å². The highest BCUT2D eigenvalue weighted by Crippen LogP contribution is 2.26. The number of anilines is 1. The zero-order valence-electron chi connectivity index (χ0n) is 16.4. The molecule has 148 valence electrons. The van der Waals surface area contributed by atoms with Gasteiger partial charge in [0.1, 0.15) is 0 Å². The molecule has 1 amide bonds. The first-order chi connectivity index (χ1) is 12.8. The number of amides is 1. The van der Waals surface area contributed by atoms with Crippen molar-refractivity contribution in [3.63, 3.8) is 0 Å². The summed E-state index contributed by atoms with van der Waals surface area (Å²) in [6.45, 7) is 10.3. The molecule has 3 rings (SSSR count). The number of benzene rings is 1. The number of para-hydroxylation sites is 1. The van der Waals surface area contributed by atoms with Crippen molar-refractivity contribution < 1.29 is 4.79 Å². The molecule has 5 nitrogen and oxygen atoms in total. The second-order valence-corrected chi connectivity index (χ2v) is 8.92. The topological polar surface area (TPSA) is 38.8 Å². The number of piperazine rings is 1. The largest absolute Gasteiger partial charge is 0.367 e. The molecule has 0 radical (unpaired) electrons. The van der Waals surface area contributed by atoms with Crippen molar-refractivity contribution in [1.29, 1.82) is 0 Å². The predicted octanol–water partition coefficient (Wildman–Crippen LogP) is 3.13. The molecule has 0 spiro atoms. The number of nitrogens with one attached hydrogen (secondary N) is 1. The van der Waals surface area contributed by atoms with Gasteiger partial charge in [0.15, 0.2) is 5.11 Å². The Morgan fingerprint density at radius 2 is 1.93 bits per heavy atom. The monoisotopic (exact) mass is 408 g/mol. The van der Waals surface area contributed by atoms with Crippen LogP contribution in [0.15, 0.2) is 24.3 Å². The second kappa shape index (κ2) is 8.23. The summed E-state index contributed by atoms with van der Waals surface area (Å²) in [6, 6.07) is 8.22. The van der Waals surface area contributed by atoms with Crippen LogP contribution in [-0.4, -0.2) is 65.1 Å². The number of rotatable bonds is 4. The Morgan fingerprint density at radius 3 is 2.56 bits per heavy atom. The van der Waals surface area contributed by atoms with Crippen LogP contribution in [0.3, 0.4) is 0 Å². The average Bonchev–Trinajstić information content (AvgIpc) is 2.60. The highest BCUT2D eigenvalue weighted by Gasteiger charge is 2.33. The van der Waals surface area contributed by atoms with Crippen LogP contribution in [0.5, 0.6) is 0 Å². The third kappa shape index (κ3) is 4.85. The van der Waals surface area contributed by atoms with Gasteiger partial charge in [-0.25, -0.2) is 0 Å². The van der Waals surface area contributed by atoms with Gasteiger partial charge in [-0.2, -0.15) is 0 Å². The number of carbonyl (C=O) groups excluding carboxylic acids is 1. The number of nitrogens with zero attached hydrogens (tertiary/aromatic N) is 3. The van der Waals surface area contributed by atoms with E-state index in [0.29, 0.717) is 19.0 Å². The summed E-state index contributed by atoms with van der Waals surface area (Å²) in [7, 11) is 0. The van der Waals surface area contributed by atoms with Gasteiger partial charge in [-0.15, -0.1) is 0 Å². The van der Waals surface area contributed by atoms with Gasteiger partial charge in [0.05, 0.1) is 10.7 Å². The molecule has 1 aromatic carbocycles. The van der Waals surface area contributed by atoms with E-state index in [1.54, 1.807) is 0 Å². The molecule has 2 saturated heterocycles. The van der Waals surface area contributed by atoms with E-state index in [2.05, 4.69) is 35.9 Å². The molecule has 27 heavy (non-hydrogen) atoms. The Labute approximate surface area is 172 Å². The SMILES string of the molecule is C[C@H]1CC(C)(C)NC(=S)N1CCC(=O)N1CCN(c2ccccc2Cl)CC1. The quantitative estimate of drug-likeness (QED) is 0.775. The van der Waals surface area contributed by atoms with Crippen LogP contribution in [0.2, 0.25) is 5.02 Å². The van der Waals surface area contributed by atoms with E-state index in [1.807, 2.05) is 29.2 Å². The number of thiocarbonyl (C=S) groups is 1. The Bertz CT molecular complexity index is 703. The standard InChI is InChI=1S/C20H29ClN4OS/c1-15-14-20(2,3)22-19(27)25(15)9-8-18(26)24-12-10-23(11-13-24)17-7-5-4-6-16(17)21/h4-7,15H,8-14H2,1-3H3,(H,22,27)/t15-/m0/s1. The van der Waals surface area contributed by atoms with Crippen LogP contribution in [-0.2, 0) is 4.79 Å². The lowest BCUT2D eigenvalue weighted by Gasteiger charge is -2.45. The van der Waals surface area contributed by atoms with Crippen molar-refractivity contribution >= 4 is 40.5 Å². The molecule has 1 aromatic rings. The van der Waals surface area contributed by atoms with E-state index in [1.165, 1.54) is 0 Å². The summed E-state index contributed by atoms with van der Waals surface area (Å²) in [5.41, 5.74) is 1.07. The van der Waals surface area contributed by atoms with Crippen LogP contribution in [0.1, 0.15) is 33.6 Å². The van der Waals surface area contributed by atoms with Crippen LogP contribution in [0.4, 0.5) is 5.69 Å². The summed E-state index contributed by atoms with van der Waals surface area (Å²) in [5, 5.41) is 4.91. The lowest BCUT2D eigenvalue weighted by molar-refractivity contribution is -0.131. The van der Waals surface area contributed by atoms with Crippen molar-refractivity contribution in [2.75, 3.05) is 37.6 Å². The Morgan fingerprint density at radius 1 is 1.26 bits per heavy atom. The number of hydrogen-bond donors (Lipinski definition) is 1. The molecule has 7 heteroatoms. The highest BCUT2D eigenvalue weighted by molar-refractivity contribution is 7.80. The summed E-state index contributed by atoms with van der Waals surface area (Å²) in [5.74, 6) is 0.202. The molecule has 2 heterocycles. The smallest absolute Gasteiger partial charge is 0.224 e. The zero-order valence-corrected chi connectivity index (χ0v) is 17.9. The summed E-state index contributed by atoms with van der Waals surface area (Å²) < 4.78 is 0. The fraction of sp³-hybridized carbons (Fsp3) is 0.600. The maximum Gasteiger partial charge on any atom is 0.224 e. The van der Waals surface area contributed by atoms with Crippen LogP contribution >= 0.6 is 23.8 Å². The number of carbonyl (C=O) groups is 1. The van der Waals surface area contributed by atoms with Crippen LogP contribution in [0, 0.1) is 0 Å². The van der Waals surface area contributed by atoms with Gasteiger partial charge in [0, 0.05) is 50.7 Å². The molecule has 0 aromatic heterocycles. The zero-order chi connectivity index (χ0) is 19.6. The normalized spacial score (nSPS) is 22.6. The Kier molecular flexibility index (Phi) is 6.16. The van der Waals surface area contributed by atoms with Gasteiger partial charge < -0.3 is 20.0 Å². The van der Waals surface area contributed by atoms with Crippen molar-refractivity contribution in [1.82, 2.24) is 15.1 Å². The number of hydrogen-bond acceptors (Lipinski definition) is 3. The minimum atomic E-state index is 0.0199. The summed E-state index contributed by atoms with van der Waals surface area (Å²) >= 11 is 11.8. The second-order valence-electron chi connectivity index (χ2n) is 8.13. The lowest BCUT2D eigenvalue weighted by Crippen LogP contribution is -2.60. The molecule has 2 aliphatic heterocycles. The molecule has 2 fully saturated rings. The van der Waals surface area contributed by atoms with Crippen molar-refractivity contribution in [3.05, 3.63) is 29.3 Å². The first-order valence-electron chi connectivity index (χ1n) is 9.63. The van der Waals surface area contributed by atoms with Gasteiger partial charge in [0.25, 0.3) is 0 Å². The minimum absolute atomic E-state index is 0.0199. The molecular weight excluding hydrogens is 380 g/mol. The highest BCUT2D eigenvalue weighted by atomic mass is 35.5. The minimum Gasteiger partial charge on any atom is -0.367 e. The summed E-state index contributed by atoms with van der Waals surface area (Å²) in [6.07, 6.45) is 1.51. The Hall–Kier alpha value is -1.53. The molecule has 1 N–H and O–H groups in total. The number of halogens is 1. The van der Waals surface area contributed by atoms with Crippen LogP contribution in [0.25, 0.3) is 0 Å². The molecule has 0 bridgehead atoms. The Balaban J connectivity index is 1.49. The predicted molar refractivity (Wildman–Crippen MR) is 115 cm³/mol. The average molecular weight is 409 g/mol. The van der Waals surface area contributed by atoms with Gasteiger partial charge in [0.2, 0.25) is 5.91 Å². The first kappa shape index (κ1) is 20.2. The maximum atomic E-state index is 12.7. The summed E-state index contributed by atoms with van der Waals surface area (Å²) in [4.78, 5) is 19.0. The lowest BCUT2D eigenvalue weighted by atomic mass is 9.93. The van der Waals surface area contributed by atoms with E-state index in [4.69, 9.17) is 23.8 Å². The van der Waals surface area contributed by atoms with E-state index < -0.39 is 0 Å².